The molecule has 2 aromatic heterocycles. The topological polar surface area (TPSA) is 95.8 Å². The fraction of sp³-hybridized carbons (Fsp3) is 0.0196. The molecule has 8 nitrogen and oxygen atoms in total. The summed E-state index contributed by atoms with van der Waals surface area (Å²) in [6.07, 6.45) is 0. The smallest absolute Gasteiger partial charge is 0.164 e. The van der Waals surface area contributed by atoms with Gasteiger partial charge in [-0.05, 0) is 142 Å². The summed E-state index contributed by atoms with van der Waals surface area (Å²) >= 11 is 0. The Kier molecular flexibility index (Phi) is 14.3. The van der Waals surface area contributed by atoms with E-state index in [1.165, 1.54) is 44.5 Å². The van der Waals surface area contributed by atoms with Gasteiger partial charge in [-0.25, -0.2) is 29.9 Å². The minimum atomic E-state index is -0.758. The SMILES string of the molecule is c1ccc(-c2nc(-c3ccc(-c4ccc(-c5cccc6c5-c5ccccc5C65c6ccccc6Oc6ccc(-c7ccccc7-c7nc(-c8ccccc8)nc(-c8ccc9ccccc9c8)n7)cc65)cc4)cc3)nc(-c3ccccc3-c3ccc4c(c3)C3(c5ccccc5O4)c4ccccc4-c4ccccc43)n2)cc1. The van der Waals surface area contributed by atoms with Gasteiger partial charge in [-0.2, -0.15) is 0 Å². The minimum absolute atomic E-state index is 0.578. The highest BCUT2D eigenvalue weighted by Crippen LogP contribution is 2.65. The van der Waals surface area contributed by atoms with Gasteiger partial charge in [0.1, 0.15) is 23.0 Å². The number of benzene rings is 16. The lowest BCUT2D eigenvalue weighted by atomic mass is 9.65. The predicted octanol–water partition coefficient (Wildman–Crippen LogP) is 24.8. The monoisotopic (exact) mass is 1400 g/mol. The molecule has 18 aromatic rings. The van der Waals surface area contributed by atoms with Crippen molar-refractivity contribution in [2.24, 2.45) is 0 Å². The summed E-state index contributed by atoms with van der Waals surface area (Å²) in [4.78, 5) is 31.7. The molecule has 0 fully saturated rings. The van der Waals surface area contributed by atoms with Crippen LogP contribution in [0.2, 0.25) is 0 Å². The van der Waals surface area contributed by atoms with Crippen molar-refractivity contribution in [3.63, 3.8) is 0 Å². The van der Waals surface area contributed by atoms with Crippen LogP contribution in [-0.2, 0) is 10.8 Å². The van der Waals surface area contributed by atoms with E-state index in [4.69, 9.17) is 39.4 Å². The highest BCUT2D eigenvalue weighted by Gasteiger charge is 2.53. The number of hydrogen-bond acceptors (Lipinski definition) is 8. The number of aromatic nitrogens is 6. The van der Waals surface area contributed by atoms with E-state index in [9.17, 15) is 0 Å². The van der Waals surface area contributed by atoms with Crippen molar-refractivity contribution >= 4 is 10.8 Å². The summed E-state index contributed by atoms with van der Waals surface area (Å²) in [6, 6.07) is 134. The van der Waals surface area contributed by atoms with E-state index in [-0.39, 0.29) is 0 Å². The molecule has 2 aliphatic heterocycles. The Bertz CT molecular complexity index is 6750. The van der Waals surface area contributed by atoms with Gasteiger partial charge in [0.2, 0.25) is 0 Å². The van der Waals surface area contributed by atoms with Gasteiger partial charge in [0.25, 0.3) is 0 Å². The van der Waals surface area contributed by atoms with E-state index in [0.29, 0.717) is 34.9 Å². The summed E-state index contributed by atoms with van der Waals surface area (Å²) in [5.74, 6) is 6.86. The average Bonchev–Trinajstić information content (AvgIpc) is 1.47. The molecule has 0 bridgehead atoms. The number of para-hydroxylation sites is 2. The van der Waals surface area contributed by atoms with Crippen LogP contribution in [0, 0.1) is 0 Å². The van der Waals surface area contributed by atoms with Crippen LogP contribution in [0.4, 0.5) is 0 Å². The molecular weight excluding hydrogens is 1340 g/mol. The van der Waals surface area contributed by atoms with E-state index in [1.807, 2.05) is 36.4 Å². The van der Waals surface area contributed by atoms with Crippen molar-refractivity contribution in [2.45, 2.75) is 10.8 Å². The van der Waals surface area contributed by atoms with Gasteiger partial charge in [-0.3, -0.25) is 0 Å². The maximum absolute atomic E-state index is 7.03. The number of ether oxygens (including phenoxy) is 2. The second-order valence-electron chi connectivity index (χ2n) is 28.6. The van der Waals surface area contributed by atoms with E-state index >= 15 is 0 Å². The molecule has 1 unspecified atom stereocenters. The van der Waals surface area contributed by atoms with Gasteiger partial charge in [0.15, 0.2) is 34.9 Å². The highest BCUT2D eigenvalue weighted by molar-refractivity contribution is 5.98. The zero-order valence-corrected chi connectivity index (χ0v) is 59.3. The summed E-state index contributed by atoms with van der Waals surface area (Å²) in [7, 11) is 0. The van der Waals surface area contributed by atoms with E-state index in [0.717, 1.165) is 134 Å². The average molecular weight is 1400 g/mol. The van der Waals surface area contributed by atoms with Crippen LogP contribution in [0.5, 0.6) is 23.0 Å². The van der Waals surface area contributed by atoms with Crippen molar-refractivity contribution in [1.82, 2.24) is 29.9 Å². The molecule has 22 rings (SSSR count). The van der Waals surface area contributed by atoms with Crippen LogP contribution in [-0.4, -0.2) is 29.9 Å². The molecule has 2 spiro atoms. The summed E-state index contributed by atoms with van der Waals surface area (Å²) in [6.45, 7) is 0. The van der Waals surface area contributed by atoms with Gasteiger partial charge in [-0.15, -0.1) is 0 Å². The van der Waals surface area contributed by atoms with Gasteiger partial charge in [0, 0.05) is 55.6 Å². The highest BCUT2D eigenvalue weighted by atomic mass is 16.5. The molecule has 4 aliphatic rings. The third-order valence-electron chi connectivity index (χ3n) is 22.8. The van der Waals surface area contributed by atoms with Gasteiger partial charge < -0.3 is 9.47 Å². The second-order valence-corrected chi connectivity index (χ2v) is 28.6. The summed E-state index contributed by atoms with van der Waals surface area (Å²) < 4.78 is 13.9. The normalized spacial score (nSPS) is 14.1. The van der Waals surface area contributed by atoms with Gasteiger partial charge in [-0.1, -0.05) is 334 Å². The number of hydrogen-bond donors (Lipinski definition) is 0. The Balaban J connectivity index is 0.614. The van der Waals surface area contributed by atoms with E-state index < -0.39 is 10.8 Å². The van der Waals surface area contributed by atoms with Crippen LogP contribution in [0.25, 0.3) is 146 Å². The third kappa shape index (κ3) is 9.72. The Hall–Kier alpha value is -14.6. The molecule has 16 aromatic carbocycles. The van der Waals surface area contributed by atoms with Crippen molar-refractivity contribution in [2.75, 3.05) is 0 Å². The maximum Gasteiger partial charge on any atom is 0.164 e. The first-order valence-electron chi connectivity index (χ1n) is 37.3. The first-order valence-corrected chi connectivity index (χ1v) is 37.3. The standard InChI is InChI=1S/C102H62N6O2/c1-3-25-67(26-4-1)95-103-97(107-99(105-95)79-34-11-9-30-74(79)71-56-58-92-88(61-71)101(85-41-19-21-44-90(85)109-92)82-38-16-13-32-77(82)78-33-14-17-39-83(78)101)69-53-48-65(49-54-69)64-46-51-66(52-47-64)76-37-23-43-87-94(76)81-36-15-18-40-84(81)102(87)86-42-20-22-45-91(86)110-93-59-57-72(62-89(93)102)75-31-10-12-35-80(75)100-106-96(68-27-5-2-6-28-68)104-98(108-100)73-55-50-63-24-7-8-29-70(63)60-73/h1-62H. The van der Waals surface area contributed by atoms with Crippen LogP contribution in [0.1, 0.15) is 44.5 Å². The zero-order chi connectivity index (χ0) is 72.4. The van der Waals surface area contributed by atoms with Crippen molar-refractivity contribution in [1.29, 1.82) is 0 Å². The Morgan fingerprint density at radius 1 is 0.164 bits per heavy atom. The van der Waals surface area contributed by atoms with Crippen molar-refractivity contribution < 1.29 is 9.47 Å². The number of fused-ring (bicyclic) bond motifs is 19. The number of nitrogens with zero attached hydrogens (tertiary/aromatic N) is 6. The quantitative estimate of drug-likeness (QED) is 0.134. The summed E-state index contributed by atoms with van der Waals surface area (Å²) in [5, 5.41) is 2.27. The molecule has 8 heteroatoms. The summed E-state index contributed by atoms with van der Waals surface area (Å²) in [5.41, 5.74) is 26.5. The fourth-order valence-corrected chi connectivity index (χ4v) is 17.9. The zero-order valence-electron chi connectivity index (χ0n) is 59.3. The molecule has 110 heavy (non-hydrogen) atoms. The third-order valence-corrected chi connectivity index (χ3v) is 22.8. The van der Waals surface area contributed by atoms with Crippen molar-refractivity contribution in [3.8, 4) is 158 Å². The minimum Gasteiger partial charge on any atom is -0.457 e. The van der Waals surface area contributed by atoms with Crippen LogP contribution in [0.3, 0.4) is 0 Å². The largest absolute Gasteiger partial charge is 0.457 e. The lowest BCUT2D eigenvalue weighted by molar-refractivity contribution is 0.436. The van der Waals surface area contributed by atoms with Crippen LogP contribution >= 0.6 is 0 Å². The molecule has 1 atom stereocenters. The van der Waals surface area contributed by atoms with E-state index in [1.54, 1.807) is 0 Å². The first-order chi connectivity index (χ1) is 54.5. The second kappa shape index (κ2) is 25.0. The molecule has 0 radical (unpaired) electrons. The molecule has 0 amide bonds. The van der Waals surface area contributed by atoms with Gasteiger partial charge in [0.05, 0.1) is 10.8 Å². The predicted molar refractivity (Wildman–Crippen MR) is 440 cm³/mol. The molecule has 0 saturated carbocycles. The maximum atomic E-state index is 7.03. The Morgan fingerprint density at radius 2 is 0.491 bits per heavy atom. The molecule has 0 N–H and O–H groups in total. The number of rotatable bonds is 10. The Morgan fingerprint density at radius 3 is 1.01 bits per heavy atom. The van der Waals surface area contributed by atoms with E-state index in [2.05, 4.69) is 340 Å². The molecule has 0 saturated heterocycles. The first kappa shape index (κ1) is 62.7. The molecule has 512 valence electrons. The molecular formula is C102H62N6O2. The lowest BCUT2D eigenvalue weighted by Crippen LogP contribution is -2.32. The van der Waals surface area contributed by atoms with Crippen LogP contribution in [0.15, 0.2) is 376 Å². The molecule has 4 heterocycles. The van der Waals surface area contributed by atoms with Crippen LogP contribution < -0.4 is 9.47 Å². The molecule has 2 aliphatic carbocycles. The lowest BCUT2D eigenvalue weighted by Gasteiger charge is -2.39. The fourth-order valence-electron chi connectivity index (χ4n) is 17.9. The van der Waals surface area contributed by atoms with Crippen molar-refractivity contribution in [3.05, 3.63) is 421 Å². The van der Waals surface area contributed by atoms with Gasteiger partial charge >= 0.3 is 0 Å². The Labute approximate surface area is 635 Å².